The van der Waals surface area contributed by atoms with Crippen molar-refractivity contribution in [3.05, 3.63) is 53.2 Å². The van der Waals surface area contributed by atoms with Gasteiger partial charge in [-0.05, 0) is 66.8 Å². The second-order valence-corrected chi connectivity index (χ2v) is 8.11. The van der Waals surface area contributed by atoms with Gasteiger partial charge in [0.05, 0.1) is 5.52 Å². The zero-order valence-corrected chi connectivity index (χ0v) is 17.2. The van der Waals surface area contributed by atoms with Crippen LogP contribution in [0.1, 0.15) is 36.5 Å². The number of nitrogen functional groups attached to an aromatic ring is 1. The highest BCUT2D eigenvalue weighted by Crippen LogP contribution is 2.37. The summed E-state index contributed by atoms with van der Waals surface area (Å²) in [6.07, 6.45) is 2.22. The molecule has 3 nitrogen and oxygen atoms in total. The van der Waals surface area contributed by atoms with Crippen molar-refractivity contribution >= 4 is 46.9 Å². The lowest BCUT2D eigenvalue weighted by molar-refractivity contribution is 0.476. The smallest absolute Gasteiger partial charge is 0.133 e. The number of nitrogens with zero attached hydrogens (tertiary/aromatic N) is 1. The zero-order valence-electron chi connectivity index (χ0n) is 14.3. The summed E-state index contributed by atoms with van der Waals surface area (Å²) in [6, 6.07) is 10.2. The summed E-state index contributed by atoms with van der Waals surface area (Å²) in [4.78, 5) is 0. The van der Waals surface area contributed by atoms with Gasteiger partial charge in [-0.1, -0.05) is 13.8 Å². The molecule has 2 aromatic carbocycles. The van der Waals surface area contributed by atoms with Gasteiger partial charge < -0.3 is 10.5 Å². The van der Waals surface area contributed by atoms with Crippen molar-refractivity contribution in [3.8, 4) is 11.5 Å². The molecule has 1 heterocycles. The van der Waals surface area contributed by atoms with Crippen molar-refractivity contribution in [3.63, 3.8) is 0 Å². The summed E-state index contributed by atoms with van der Waals surface area (Å²) >= 11 is 2.31. The van der Waals surface area contributed by atoms with Gasteiger partial charge in [-0.2, -0.15) is 0 Å². The summed E-state index contributed by atoms with van der Waals surface area (Å²) in [7, 11) is 1.68. The zero-order chi connectivity index (χ0) is 17.4. The SMILES string of the molecule is Cc1cc(N)cc(C)c1Oc1ccc2c(c1)c(C(C)C)cn2SI. The normalized spacial score (nSPS) is 11.4. The van der Waals surface area contributed by atoms with E-state index in [1.807, 2.05) is 32.0 Å². The fraction of sp³-hybridized carbons (Fsp3) is 0.263. The maximum Gasteiger partial charge on any atom is 0.133 e. The van der Waals surface area contributed by atoms with Gasteiger partial charge >= 0.3 is 0 Å². The number of ether oxygens (including phenoxy) is 1. The number of aromatic nitrogens is 1. The van der Waals surface area contributed by atoms with E-state index >= 15 is 0 Å². The number of hydrogen-bond donors (Lipinski definition) is 1. The Kier molecular flexibility index (Phi) is 5.01. The van der Waals surface area contributed by atoms with E-state index in [1.54, 1.807) is 9.12 Å². The third-order valence-corrected chi connectivity index (χ3v) is 5.90. The quantitative estimate of drug-likeness (QED) is 0.358. The highest BCUT2D eigenvalue weighted by Gasteiger charge is 2.14. The van der Waals surface area contributed by atoms with Crippen molar-refractivity contribution < 1.29 is 4.74 Å². The molecule has 0 atom stereocenters. The molecule has 0 unspecified atom stereocenters. The van der Waals surface area contributed by atoms with E-state index in [2.05, 4.69) is 57.4 Å². The first-order valence-corrected chi connectivity index (χ1v) is 11.2. The van der Waals surface area contributed by atoms with E-state index in [0.29, 0.717) is 5.92 Å². The standard InChI is InChI=1S/C19H21IN2OS/c1-11(2)17-10-22(24-20)18-6-5-15(9-16(17)18)23-19-12(3)7-14(21)8-13(19)4/h5-11H,21H2,1-4H3. The Labute approximate surface area is 159 Å². The third kappa shape index (κ3) is 3.24. The molecular weight excluding hydrogens is 431 g/mol. The molecule has 1 aromatic heterocycles. The largest absolute Gasteiger partial charge is 0.457 e. The van der Waals surface area contributed by atoms with Crippen LogP contribution in [-0.2, 0) is 0 Å². The first-order chi connectivity index (χ1) is 11.4. The summed E-state index contributed by atoms with van der Waals surface area (Å²) in [6.45, 7) is 8.50. The lowest BCUT2D eigenvalue weighted by Crippen LogP contribution is -1.94. The van der Waals surface area contributed by atoms with Crippen LogP contribution in [0.25, 0.3) is 10.9 Å². The van der Waals surface area contributed by atoms with Crippen molar-refractivity contribution in [1.82, 2.24) is 3.97 Å². The van der Waals surface area contributed by atoms with Gasteiger partial charge in [-0.15, -0.1) is 0 Å². The minimum absolute atomic E-state index is 0.465. The molecule has 0 radical (unpaired) electrons. The molecule has 0 saturated carbocycles. The number of benzene rings is 2. The van der Waals surface area contributed by atoms with Crippen LogP contribution in [0.2, 0.25) is 0 Å². The maximum absolute atomic E-state index is 6.21. The maximum atomic E-state index is 6.21. The Hall–Kier alpha value is -1.34. The van der Waals surface area contributed by atoms with E-state index in [9.17, 15) is 0 Å². The fourth-order valence-corrected chi connectivity index (χ4v) is 4.41. The molecule has 3 aromatic rings. The number of anilines is 1. The summed E-state index contributed by atoms with van der Waals surface area (Å²) < 4.78 is 8.41. The van der Waals surface area contributed by atoms with Crippen molar-refractivity contribution in [2.24, 2.45) is 0 Å². The van der Waals surface area contributed by atoms with Crippen LogP contribution in [-0.4, -0.2) is 3.97 Å². The van der Waals surface area contributed by atoms with Crippen molar-refractivity contribution in [2.45, 2.75) is 33.6 Å². The second kappa shape index (κ2) is 6.88. The van der Waals surface area contributed by atoms with Crippen LogP contribution in [0.15, 0.2) is 36.5 Å². The molecule has 2 N–H and O–H groups in total. The number of nitrogens with two attached hydrogens (primary N) is 1. The van der Waals surface area contributed by atoms with Crippen molar-refractivity contribution in [2.75, 3.05) is 5.73 Å². The summed E-state index contributed by atoms with van der Waals surface area (Å²) in [5, 5.41) is 1.25. The molecule has 5 heteroatoms. The fourth-order valence-electron chi connectivity index (χ4n) is 3.05. The van der Waals surface area contributed by atoms with E-state index in [1.165, 1.54) is 16.5 Å². The van der Waals surface area contributed by atoms with Crippen LogP contribution in [0.5, 0.6) is 11.5 Å². The Morgan fingerprint density at radius 3 is 2.38 bits per heavy atom. The Morgan fingerprint density at radius 1 is 1.12 bits per heavy atom. The molecule has 0 aliphatic carbocycles. The minimum atomic E-state index is 0.465. The Balaban J connectivity index is 2.07. The average Bonchev–Trinajstić information content (AvgIpc) is 2.89. The molecular formula is C19H21IN2OS. The molecule has 0 aliphatic rings. The van der Waals surface area contributed by atoms with Gasteiger partial charge in [0.2, 0.25) is 0 Å². The molecule has 3 rings (SSSR count). The van der Waals surface area contributed by atoms with E-state index in [4.69, 9.17) is 10.5 Å². The lowest BCUT2D eigenvalue weighted by atomic mass is 10.0. The minimum Gasteiger partial charge on any atom is -0.457 e. The van der Waals surface area contributed by atoms with Gasteiger partial charge in [0.1, 0.15) is 11.5 Å². The van der Waals surface area contributed by atoms with Gasteiger partial charge in [0.15, 0.2) is 0 Å². The van der Waals surface area contributed by atoms with Gasteiger partial charge in [-0.3, -0.25) is 3.97 Å². The number of fused-ring (bicyclic) bond motifs is 1. The number of hydrogen-bond acceptors (Lipinski definition) is 3. The van der Waals surface area contributed by atoms with E-state index in [-0.39, 0.29) is 0 Å². The van der Waals surface area contributed by atoms with Gasteiger partial charge in [0.25, 0.3) is 0 Å². The van der Waals surface area contributed by atoms with Crippen LogP contribution in [0, 0.1) is 13.8 Å². The molecule has 0 saturated heterocycles. The number of halogens is 1. The predicted octanol–water partition coefficient (Wildman–Crippen LogP) is 6.60. The van der Waals surface area contributed by atoms with Crippen molar-refractivity contribution in [1.29, 1.82) is 0 Å². The lowest BCUT2D eigenvalue weighted by Gasteiger charge is -2.13. The first-order valence-electron chi connectivity index (χ1n) is 7.89. The monoisotopic (exact) mass is 452 g/mol. The predicted molar refractivity (Wildman–Crippen MR) is 113 cm³/mol. The molecule has 0 bridgehead atoms. The third-order valence-electron chi connectivity index (χ3n) is 4.17. The highest BCUT2D eigenvalue weighted by atomic mass is 127. The first kappa shape index (κ1) is 17.5. The van der Waals surface area contributed by atoms with Crippen LogP contribution in [0.3, 0.4) is 0 Å². The number of rotatable bonds is 4. The number of aryl methyl sites for hydroxylation is 2. The molecule has 126 valence electrons. The molecule has 24 heavy (non-hydrogen) atoms. The van der Waals surface area contributed by atoms with E-state index in [0.717, 1.165) is 28.3 Å². The topological polar surface area (TPSA) is 40.2 Å². The average molecular weight is 452 g/mol. The van der Waals surface area contributed by atoms with Crippen LogP contribution >= 0.6 is 30.3 Å². The molecule has 0 aliphatic heterocycles. The van der Waals surface area contributed by atoms with Crippen LogP contribution < -0.4 is 10.5 Å². The summed E-state index contributed by atoms with van der Waals surface area (Å²) in [5.74, 6) is 2.21. The van der Waals surface area contributed by atoms with Gasteiger partial charge in [0, 0.05) is 47.6 Å². The van der Waals surface area contributed by atoms with Crippen LogP contribution in [0.4, 0.5) is 5.69 Å². The molecule has 0 spiro atoms. The highest BCUT2D eigenvalue weighted by molar-refractivity contribution is 14.2. The summed E-state index contributed by atoms with van der Waals surface area (Å²) in [5.41, 5.74) is 11.3. The van der Waals surface area contributed by atoms with Gasteiger partial charge in [-0.25, -0.2) is 0 Å². The van der Waals surface area contributed by atoms with E-state index < -0.39 is 0 Å². The molecule has 0 fully saturated rings. The molecule has 0 amide bonds. The Bertz CT molecular complexity index is 879. The second-order valence-electron chi connectivity index (χ2n) is 6.40. The Morgan fingerprint density at radius 2 is 1.79 bits per heavy atom.